The number of furan rings is 1. The highest BCUT2D eigenvalue weighted by atomic mass is 32.2. The molecule has 0 radical (unpaired) electrons. The molecule has 0 saturated heterocycles. The number of hydrogen-bond donors (Lipinski definition) is 0. The second-order valence-corrected chi connectivity index (χ2v) is 6.60. The van der Waals surface area contributed by atoms with Crippen LogP contribution in [-0.2, 0) is 16.1 Å². The van der Waals surface area contributed by atoms with Gasteiger partial charge >= 0.3 is 5.97 Å². The maximum absolute atomic E-state index is 11.9. The van der Waals surface area contributed by atoms with E-state index in [-0.39, 0.29) is 24.1 Å². The molecule has 8 nitrogen and oxygen atoms in total. The number of carbonyl (C=O) groups is 1. The molecule has 0 bridgehead atoms. The summed E-state index contributed by atoms with van der Waals surface area (Å²) in [5.74, 6) is 0.633. The minimum absolute atomic E-state index is 0.0925. The number of fused-ring (bicyclic) bond motifs is 1. The first-order valence-corrected chi connectivity index (χ1v) is 8.99. The summed E-state index contributed by atoms with van der Waals surface area (Å²) in [6.07, 6.45) is 3.00. The van der Waals surface area contributed by atoms with Crippen molar-refractivity contribution in [3.63, 3.8) is 0 Å². The number of aromatic nitrogens is 4. The van der Waals surface area contributed by atoms with Gasteiger partial charge in [0.2, 0.25) is 0 Å². The van der Waals surface area contributed by atoms with Crippen LogP contribution in [0, 0.1) is 0 Å². The zero-order valence-corrected chi connectivity index (χ0v) is 14.2. The summed E-state index contributed by atoms with van der Waals surface area (Å²) < 4.78 is 15.7. The summed E-state index contributed by atoms with van der Waals surface area (Å²) >= 11 is 2.83. The molecule has 4 aromatic rings. The lowest BCUT2D eigenvalue weighted by Crippen LogP contribution is -2.07. The van der Waals surface area contributed by atoms with Gasteiger partial charge in [-0.05, 0) is 23.6 Å². The summed E-state index contributed by atoms with van der Waals surface area (Å²) in [5.41, 5.74) is 0. The second kappa shape index (κ2) is 7.03. The van der Waals surface area contributed by atoms with E-state index < -0.39 is 5.97 Å². The number of thioether (sulfide) groups is 1. The Kier molecular flexibility index (Phi) is 4.44. The number of carbonyl (C=O) groups excluding carboxylic acids is 1. The molecule has 0 amide bonds. The number of hydrogen-bond acceptors (Lipinski definition) is 10. The van der Waals surface area contributed by atoms with E-state index in [2.05, 4.69) is 20.2 Å². The van der Waals surface area contributed by atoms with Crippen LogP contribution < -0.4 is 0 Å². The topological polar surface area (TPSA) is 104 Å². The fourth-order valence-electron chi connectivity index (χ4n) is 2.01. The van der Waals surface area contributed by atoms with Crippen LogP contribution in [0.2, 0.25) is 0 Å². The first-order valence-electron chi connectivity index (χ1n) is 7.12. The van der Waals surface area contributed by atoms with E-state index >= 15 is 0 Å². The van der Waals surface area contributed by atoms with E-state index in [0.717, 1.165) is 15.2 Å². The molecule has 0 aliphatic carbocycles. The molecule has 0 unspecified atom stereocenters. The summed E-state index contributed by atoms with van der Waals surface area (Å²) in [7, 11) is 0. The van der Waals surface area contributed by atoms with Crippen molar-refractivity contribution in [1.29, 1.82) is 0 Å². The Morgan fingerprint density at radius 3 is 3.12 bits per heavy atom. The fraction of sp³-hybridized carbons (Fsp3) is 0.133. The smallest absolute Gasteiger partial charge is 0.316 e. The Morgan fingerprint density at radius 2 is 2.24 bits per heavy atom. The summed E-state index contributed by atoms with van der Waals surface area (Å²) in [6.45, 7) is -0.0925. The van der Waals surface area contributed by atoms with Crippen LogP contribution in [0.25, 0.3) is 21.9 Å². The molecular weight excluding hydrogens is 364 g/mol. The normalized spacial score (nSPS) is 11.0. The van der Waals surface area contributed by atoms with Gasteiger partial charge in [0.05, 0.1) is 12.0 Å². The molecule has 0 N–H and O–H groups in total. The van der Waals surface area contributed by atoms with E-state index in [1.54, 1.807) is 12.1 Å². The van der Waals surface area contributed by atoms with Crippen LogP contribution in [0.3, 0.4) is 0 Å². The number of rotatable bonds is 6. The van der Waals surface area contributed by atoms with Gasteiger partial charge in [-0.2, -0.15) is 0 Å². The first-order chi connectivity index (χ1) is 12.3. The van der Waals surface area contributed by atoms with Crippen LogP contribution in [0.15, 0.2) is 50.0 Å². The fourth-order valence-corrected chi connectivity index (χ4v) is 3.58. The van der Waals surface area contributed by atoms with E-state index in [9.17, 15) is 4.79 Å². The summed E-state index contributed by atoms with van der Waals surface area (Å²) in [4.78, 5) is 21.2. The van der Waals surface area contributed by atoms with E-state index in [1.165, 1.54) is 35.7 Å². The maximum atomic E-state index is 11.9. The van der Waals surface area contributed by atoms with Crippen molar-refractivity contribution < 1.29 is 18.4 Å². The van der Waals surface area contributed by atoms with Crippen molar-refractivity contribution in [1.82, 2.24) is 20.2 Å². The molecule has 0 atom stereocenters. The number of ether oxygens (including phenoxy) is 1. The summed E-state index contributed by atoms with van der Waals surface area (Å²) in [5, 5.41) is 11.3. The van der Waals surface area contributed by atoms with Crippen LogP contribution in [0.1, 0.15) is 5.89 Å². The van der Waals surface area contributed by atoms with Crippen molar-refractivity contribution >= 4 is 39.3 Å². The van der Waals surface area contributed by atoms with Gasteiger partial charge in [-0.25, -0.2) is 9.97 Å². The molecule has 0 spiro atoms. The zero-order valence-electron chi connectivity index (χ0n) is 12.6. The highest BCUT2D eigenvalue weighted by molar-refractivity contribution is 8.00. The SMILES string of the molecule is O=C(CSc1ncnc2sccc12)OCc1nnc(-c2ccco2)o1. The Balaban J connectivity index is 1.31. The predicted octanol–water partition coefficient (Wildman–Crippen LogP) is 3.17. The Bertz CT molecular complexity index is 996. The van der Waals surface area contributed by atoms with Crippen LogP contribution >= 0.6 is 23.1 Å². The van der Waals surface area contributed by atoms with E-state index in [0.29, 0.717) is 5.76 Å². The quantitative estimate of drug-likeness (QED) is 0.286. The predicted molar refractivity (Wildman–Crippen MR) is 89.9 cm³/mol. The Morgan fingerprint density at radius 1 is 1.28 bits per heavy atom. The highest BCUT2D eigenvalue weighted by Crippen LogP contribution is 2.27. The monoisotopic (exact) mass is 374 g/mol. The molecule has 0 aliphatic rings. The Labute approximate surface area is 149 Å². The van der Waals surface area contributed by atoms with Gasteiger partial charge in [0.15, 0.2) is 12.4 Å². The Hall–Kier alpha value is -2.72. The van der Waals surface area contributed by atoms with Crippen molar-refractivity contribution in [2.45, 2.75) is 11.6 Å². The minimum atomic E-state index is -0.398. The number of nitrogens with zero attached hydrogens (tertiary/aromatic N) is 4. The van der Waals surface area contributed by atoms with Crippen LogP contribution in [-0.4, -0.2) is 31.9 Å². The lowest BCUT2D eigenvalue weighted by molar-refractivity contribution is -0.142. The van der Waals surface area contributed by atoms with E-state index in [4.69, 9.17) is 13.6 Å². The van der Waals surface area contributed by atoms with Gasteiger partial charge in [0.25, 0.3) is 11.8 Å². The standard InChI is InChI=1S/C15H10N4O4S2/c20-12(7-25-15-9-3-5-24-14(9)16-8-17-15)22-6-11-18-19-13(23-11)10-2-1-4-21-10/h1-5,8H,6-7H2. The second-order valence-electron chi connectivity index (χ2n) is 4.75. The maximum Gasteiger partial charge on any atom is 0.316 e. The molecule has 10 heteroatoms. The van der Waals surface area contributed by atoms with Crippen LogP contribution in [0.4, 0.5) is 0 Å². The van der Waals surface area contributed by atoms with Crippen molar-refractivity contribution in [2.75, 3.05) is 5.75 Å². The average Bonchev–Trinajstić information content (AvgIpc) is 3.38. The molecule has 4 aromatic heterocycles. The molecule has 0 aliphatic heterocycles. The molecule has 4 heterocycles. The van der Waals surface area contributed by atoms with Gasteiger partial charge in [-0.1, -0.05) is 11.8 Å². The third kappa shape index (κ3) is 3.54. The highest BCUT2D eigenvalue weighted by Gasteiger charge is 2.14. The molecule has 0 aromatic carbocycles. The average molecular weight is 374 g/mol. The van der Waals surface area contributed by atoms with E-state index in [1.807, 2.05) is 11.4 Å². The lowest BCUT2D eigenvalue weighted by atomic mass is 10.4. The third-order valence-electron chi connectivity index (χ3n) is 3.11. The van der Waals surface area contributed by atoms with Gasteiger partial charge in [-0.15, -0.1) is 21.5 Å². The van der Waals surface area contributed by atoms with Gasteiger partial charge in [-0.3, -0.25) is 4.79 Å². The number of thiophene rings is 1. The largest absolute Gasteiger partial charge is 0.459 e. The third-order valence-corrected chi connectivity index (χ3v) is 4.91. The lowest BCUT2D eigenvalue weighted by Gasteiger charge is -2.02. The van der Waals surface area contributed by atoms with Crippen molar-refractivity contribution in [3.05, 3.63) is 42.1 Å². The molecule has 25 heavy (non-hydrogen) atoms. The van der Waals surface area contributed by atoms with Gasteiger partial charge < -0.3 is 13.6 Å². The van der Waals surface area contributed by atoms with Gasteiger partial charge in [0.1, 0.15) is 16.2 Å². The zero-order chi connectivity index (χ0) is 17.1. The molecular formula is C15H10N4O4S2. The van der Waals surface area contributed by atoms with Crippen LogP contribution in [0.5, 0.6) is 0 Å². The molecule has 0 fully saturated rings. The van der Waals surface area contributed by atoms with Crippen molar-refractivity contribution in [3.8, 4) is 11.7 Å². The molecule has 0 saturated carbocycles. The van der Waals surface area contributed by atoms with Gasteiger partial charge in [0, 0.05) is 5.39 Å². The minimum Gasteiger partial charge on any atom is -0.459 e. The van der Waals surface area contributed by atoms with Crippen molar-refractivity contribution in [2.24, 2.45) is 0 Å². The molecule has 126 valence electrons. The molecule has 4 rings (SSSR count). The number of esters is 1. The first kappa shape index (κ1) is 15.8. The summed E-state index contributed by atoms with van der Waals surface area (Å²) in [6, 6.07) is 5.35.